The van der Waals surface area contributed by atoms with Crippen LogP contribution in [0.15, 0.2) is 24.3 Å². The topological polar surface area (TPSA) is 55.8 Å². The van der Waals surface area contributed by atoms with Crippen molar-refractivity contribution in [3.8, 4) is 5.75 Å². The number of carbonyl (C=O) groups excluding carboxylic acids is 2. The van der Waals surface area contributed by atoms with E-state index in [-0.39, 0.29) is 12.5 Å². The molecule has 1 aromatic rings. The highest BCUT2D eigenvalue weighted by Crippen LogP contribution is 2.13. The highest BCUT2D eigenvalue weighted by Gasteiger charge is 2.10. The normalized spacial score (nSPS) is 9.84. The third-order valence-electron chi connectivity index (χ3n) is 2.75. The molecule has 19 heavy (non-hydrogen) atoms. The summed E-state index contributed by atoms with van der Waals surface area (Å²) in [4.78, 5) is 24.7. The maximum atomic E-state index is 11.7. The Labute approximate surface area is 113 Å². The van der Waals surface area contributed by atoms with Crippen molar-refractivity contribution < 1.29 is 19.1 Å². The molecule has 5 nitrogen and oxygen atoms in total. The predicted molar refractivity (Wildman–Crippen MR) is 71.2 cm³/mol. The van der Waals surface area contributed by atoms with Gasteiger partial charge < -0.3 is 14.4 Å². The minimum absolute atomic E-state index is 0.000743. The molecule has 5 heteroatoms. The molecule has 0 saturated heterocycles. The second-order valence-corrected chi connectivity index (χ2v) is 3.87. The van der Waals surface area contributed by atoms with Crippen molar-refractivity contribution in [1.29, 1.82) is 0 Å². The zero-order valence-electron chi connectivity index (χ0n) is 11.5. The van der Waals surface area contributed by atoms with E-state index < -0.39 is 5.97 Å². The average Bonchev–Trinajstić information content (AvgIpc) is 2.46. The molecular weight excluding hydrogens is 246 g/mol. The number of likely N-dealkylation sites (N-methyl/N-ethyl adjacent to an activating group) is 1. The molecule has 1 aromatic carbocycles. The van der Waals surface area contributed by atoms with E-state index in [1.54, 1.807) is 29.2 Å². The monoisotopic (exact) mass is 265 g/mol. The lowest BCUT2D eigenvalue weighted by atomic mass is 10.2. The van der Waals surface area contributed by atoms with Gasteiger partial charge >= 0.3 is 5.97 Å². The second-order valence-electron chi connectivity index (χ2n) is 3.87. The first-order valence-electron chi connectivity index (χ1n) is 6.21. The van der Waals surface area contributed by atoms with Gasteiger partial charge in [-0.1, -0.05) is 0 Å². The summed E-state index contributed by atoms with van der Waals surface area (Å²) in [6.45, 7) is 5.18. The van der Waals surface area contributed by atoms with Gasteiger partial charge in [-0.3, -0.25) is 4.79 Å². The van der Waals surface area contributed by atoms with E-state index in [1.807, 2.05) is 13.8 Å². The van der Waals surface area contributed by atoms with Crippen LogP contribution in [0, 0.1) is 0 Å². The molecule has 0 spiro atoms. The number of hydrogen-bond donors (Lipinski definition) is 0. The van der Waals surface area contributed by atoms with E-state index in [9.17, 15) is 9.59 Å². The number of hydrogen-bond acceptors (Lipinski definition) is 4. The molecule has 0 bridgehead atoms. The van der Waals surface area contributed by atoms with Gasteiger partial charge in [0.25, 0.3) is 5.91 Å². The van der Waals surface area contributed by atoms with Gasteiger partial charge in [0.15, 0.2) is 6.61 Å². The molecular formula is C14H19NO4. The molecule has 0 heterocycles. The minimum atomic E-state index is -0.397. The molecule has 1 rings (SSSR count). The lowest BCUT2D eigenvalue weighted by Crippen LogP contribution is -2.34. The average molecular weight is 265 g/mol. The molecule has 0 aromatic heterocycles. The first-order valence-corrected chi connectivity index (χ1v) is 6.21. The van der Waals surface area contributed by atoms with E-state index in [0.717, 1.165) is 0 Å². The number of benzene rings is 1. The van der Waals surface area contributed by atoms with E-state index in [4.69, 9.17) is 4.74 Å². The number of rotatable bonds is 6. The number of nitrogens with zero attached hydrogens (tertiary/aromatic N) is 1. The molecule has 0 unspecified atom stereocenters. The summed E-state index contributed by atoms with van der Waals surface area (Å²) in [6.07, 6.45) is 0. The maximum absolute atomic E-state index is 11.7. The van der Waals surface area contributed by atoms with Crippen molar-refractivity contribution in [2.24, 2.45) is 0 Å². The fourth-order valence-corrected chi connectivity index (χ4v) is 1.62. The maximum Gasteiger partial charge on any atom is 0.337 e. The Morgan fingerprint density at radius 2 is 1.68 bits per heavy atom. The van der Waals surface area contributed by atoms with Crippen molar-refractivity contribution >= 4 is 11.9 Å². The Kier molecular flexibility index (Phi) is 5.85. The van der Waals surface area contributed by atoms with Crippen LogP contribution in [-0.4, -0.2) is 43.6 Å². The molecule has 0 aliphatic heterocycles. The van der Waals surface area contributed by atoms with Crippen molar-refractivity contribution in [3.63, 3.8) is 0 Å². The number of ether oxygens (including phenoxy) is 2. The van der Waals surface area contributed by atoms with Crippen molar-refractivity contribution in [1.82, 2.24) is 4.90 Å². The number of carbonyl (C=O) groups is 2. The summed E-state index contributed by atoms with van der Waals surface area (Å²) in [6, 6.07) is 6.48. The minimum Gasteiger partial charge on any atom is -0.484 e. The molecule has 0 saturated carbocycles. The number of methoxy groups -OCH3 is 1. The SMILES string of the molecule is CCN(CC)C(=O)COc1ccc(C(=O)OC)cc1. The quantitative estimate of drug-likeness (QED) is 0.735. The van der Waals surface area contributed by atoms with Gasteiger partial charge in [-0.15, -0.1) is 0 Å². The van der Waals surface area contributed by atoms with Gasteiger partial charge in [0.05, 0.1) is 12.7 Å². The standard InChI is InChI=1S/C14H19NO4/c1-4-15(5-2)13(16)10-19-12-8-6-11(7-9-12)14(17)18-3/h6-9H,4-5,10H2,1-3H3. The van der Waals surface area contributed by atoms with Crippen LogP contribution in [0.4, 0.5) is 0 Å². The summed E-state index contributed by atoms with van der Waals surface area (Å²) in [5.74, 6) is 0.0981. The largest absolute Gasteiger partial charge is 0.484 e. The van der Waals surface area contributed by atoms with Crippen LogP contribution in [0.25, 0.3) is 0 Å². The van der Waals surface area contributed by atoms with Crippen LogP contribution in [0.1, 0.15) is 24.2 Å². The van der Waals surface area contributed by atoms with E-state index >= 15 is 0 Å². The Morgan fingerprint density at radius 3 is 2.16 bits per heavy atom. The van der Waals surface area contributed by atoms with Gasteiger partial charge in [0.1, 0.15) is 5.75 Å². The lowest BCUT2D eigenvalue weighted by molar-refractivity contribution is -0.132. The summed E-state index contributed by atoms with van der Waals surface area (Å²) in [5.41, 5.74) is 0.449. The third-order valence-corrected chi connectivity index (χ3v) is 2.75. The van der Waals surface area contributed by atoms with E-state index in [0.29, 0.717) is 24.4 Å². The fourth-order valence-electron chi connectivity index (χ4n) is 1.62. The van der Waals surface area contributed by atoms with Crippen molar-refractivity contribution in [3.05, 3.63) is 29.8 Å². The third kappa shape index (κ3) is 4.28. The summed E-state index contributed by atoms with van der Waals surface area (Å²) in [5, 5.41) is 0. The summed E-state index contributed by atoms with van der Waals surface area (Å²) < 4.78 is 9.97. The highest BCUT2D eigenvalue weighted by molar-refractivity contribution is 5.89. The zero-order chi connectivity index (χ0) is 14.3. The second kappa shape index (κ2) is 7.41. The van der Waals surface area contributed by atoms with Gasteiger partial charge in [0.2, 0.25) is 0 Å². The van der Waals surface area contributed by atoms with Crippen molar-refractivity contribution in [2.45, 2.75) is 13.8 Å². The molecule has 0 N–H and O–H groups in total. The van der Waals surface area contributed by atoms with Gasteiger partial charge in [-0.2, -0.15) is 0 Å². The first kappa shape index (κ1) is 15.0. The van der Waals surface area contributed by atoms with Crippen molar-refractivity contribution in [2.75, 3.05) is 26.8 Å². The van der Waals surface area contributed by atoms with Crippen LogP contribution in [-0.2, 0) is 9.53 Å². The van der Waals surface area contributed by atoms with Crippen LogP contribution in [0.2, 0.25) is 0 Å². The van der Waals surface area contributed by atoms with Crippen LogP contribution >= 0.6 is 0 Å². The van der Waals surface area contributed by atoms with Gasteiger partial charge in [-0.05, 0) is 38.1 Å². The molecule has 104 valence electrons. The molecule has 1 amide bonds. The van der Waals surface area contributed by atoms with E-state index in [1.165, 1.54) is 7.11 Å². The van der Waals surface area contributed by atoms with E-state index in [2.05, 4.69) is 4.74 Å². The summed E-state index contributed by atoms with van der Waals surface area (Å²) >= 11 is 0. The fraction of sp³-hybridized carbons (Fsp3) is 0.429. The molecule has 0 aliphatic carbocycles. The Hall–Kier alpha value is -2.04. The predicted octanol–water partition coefficient (Wildman–Crippen LogP) is 1.72. The highest BCUT2D eigenvalue weighted by atomic mass is 16.5. The van der Waals surface area contributed by atoms with Crippen LogP contribution < -0.4 is 4.74 Å². The van der Waals surface area contributed by atoms with Gasteiger partial charge in [-0.25, -0.2) is 4.79 Å². The Bertz CT molecular complexity index is 424. The molecule has 0 atom stereocenters. The molecule has 0 radical (unpaired) electrons. The first-order chi connectivity index (χ1) is 9.12. The summed E-state index contributed by atoms with van der Waals surface area (Å²) in [7, 11) is 1.33. The zero-order valence-corrected chi connectivity index (χ0v) is 11.5. The Balaban J connectivity index is 2.54. The number of esters is 1. The molecule has 0 aliphatic rings. The lowest BCUT2D eigenvalue weighted by Gasteiger charge is -2.18. The molecule has 0 fully saturated rings. The number of amides is 1. The van der Waals surface area contributed by atoms with Crippen LogP contribution in [0.3, 0.4) is 0 Å². The van der Waals surface area contributed by atoms with Gasteiger partial charge in [0, 0.05) is 13.1 Å². The Morgan fingerprint density at radius 1 is 1.11 bits per heavy atom. The smallest absolute Gasteiger partial charge is 0.337 e. The van der Waals surface area contributed by atoms with Crippen LogP contribution in [0.5, 0.6) is 5.75 Å².